The Morgan fingerprint density at radius 2 is 1.77 bits per heavy atom. The Morgan fingerprint density at radius 3 is 2.50 bits per heavy atom. The third-order valence-electron chi connectivity index (χ3n) is 4.39. The molecule has 0 N–H and O–H groups in total. The van der Waals surface area contributed by atoms with Crippen LogP contribution >= 0.6 is 0 Å². The predicted octanol–water partition coefficient (Wildman–Crippen LogP) is 5.07. The maximum absolute atomic E-state index is 8.36. The van der Waals surface area contributed by atoms with E-state index in [9.17, 15) is 0 Å². The van der Waals surface area contributed by atoms with E-state index >= 15 is 0 Å². The van der Waals surface area contributed by atoms with Gasteiger partial charge in [0.2, 0.25) is 5.69 Å². The van der Waals surface area contributed by atoms with Gasteiger partial charge in [0.1, 0.15) is 8.42 Å². The van der Waals surface area contributed by atoms with E-state index in [1.54, 1.807) is 0 Å². The zero-order valence-corrected chi connectivity index (χ0v) is 14.1. The summed E-state index contributed by atoms with van der Waals surface area (Å²) in [4.78, 5) is 0. The molecule has 0 bridgehead atoms. The first-order valence-electron chi connectivity index (χ1n) is 8.39. The molecule has 112 valence electrons. The predicted molar refractivity (Wildman–Crippen MR) is 94.1 cm³/mol. The molecule has 3 aromatic rings. The van der Waals surface area contributed by atoms with E-state index in [1.165, 1.54) is 27.6 Å². The van der Waals surface area contributed by atoms with Crippen LogP contribution in [0.15, 0.2) is 48.6 Å². The van der Waals surface area contributed by atoms with Crippen molar-refractivity contribution in [3.63, 3.8) is 0 Å². The summed E-state index contributed by atoms with van der Waals surface area (Å²) < 4.78 is 10.3. The lowest BCUT2D eigenvalue weighted by molar-refractivity contribution is -0.659. The van der Waals surface area contributed by atoms with Crippen LogP contribution in [0.3, 0.4) is 0 Å². The Bertz CT molecular complexity index is 894. The van der Waals surface area contributed by atoms with E-state index in [-0.39, 0.29) is 0 Å². The first-order chi connectivity index (χ1) is 10.9. The summed E-state index contributed by atoms with van der Waals surface area (Å²) >= 11 is 0. The van der Waals surface area contributed by atoms with Crippen LogP contribution in [0.2, 0.25) is 0 Å². The first kappa shape index (κ1) is 13.5. The molecule has 0 atom stereocenters. The number of pyridine rings is 1. The highest BCUT2D eigenvalue weighted by Gasteiger charge is 2.17. The number of nitrogens with zero attached hydrogens (tertiary/aromatic N) is 1. The van der Waals surface area contributed by atoms with Gasteiger partial charge >= 0.3 is 0 Å². The van der Waals surface area contributed by atoms with Crippen LogP contribution in [-0.2, 0) is 7.05 Å². The summed E-state index contributed by atoms with van der Waals surface area (Å²) in [5.74, 6) is 0.492. The first-order valence-corrected chi connectivity index (χ1v) is 7.89. The minimum Gasteiger partial charge on any atom is -0.200 e. The second-order valence-electron chi connectivity index (χ2n) is 6.50. The molecular weight excluding hydrogens is 266 g/mol. The van der Waals surface area contributed by atoms with Gasteiger partial charge in [0.05, 0.1) is 5.39 Å². The molecule has 0 aliphatic heterocycles. The molecule has 0 unspecified atom stereocenters. The van der Waals surface area contributed by atoms with Crippen molar-refractivity contribution >= 4 is 10.8 Å². The standard InChI is InChI=1S/C21H24N/c1-14(2)17-8-9-19-18(13-17)10-11-22(5)21(19)20-12-15(3)6-7-16(20)4/h6-14H,1-5H3/q+1/i11D. The number of aryl methyl sites for hydroxylation is 2. The Balaban J connectivity index is 2.39. The number of benzene rings is 2. The monoisotopic (exact) mass is 291 g/mol. The van der Waals surface area contributed by atoms with Crippen LogP contribution in [0, 0.1) is 13.8 Å². The molecule has 22 heavy (non-hydrogen) atoms. The Kier molecular flexibility index (Phi) is 3.42. The summed E-state index contributed by atoms with van der Waals surface area (Å²) in [6.45, 7) is 8.67. The molecule has 1 aromatic heterocycles. The Hall–Kier alpha value is -2.15. The van der Waals surface area contributed by atoms with Crippen LogP contribution in [0.4, 0.5) is 0 Å². The topological polar surface area (TPSA) is 3.88 Å². The fourth-order valence-electron chi connectivity index (χ4n) is 3.00. The fraction of sp³-hybridized carbons (Fsp3) is 0.286. The van der Waals surface area contributed by atoms with Gasteiger partial charge in [-0.2, -0.15) is 0 Å². The van der Waals surface area contributed by atoms with Crippen LogP contribution in [0.25, 0.3) is 22.0 Å². The van der Waals surface area contributed by atoms with Crippen molar-refractivity contribution in [2.24, 2.45) is 7.05 Å². The maximum Gasteiger partial charge on any atom is 0.220 e. The summed E-state index contributed by atoms with van der Waals surface area (Å²) in [6, 6.07) is 15.1. The summed E-state index contributed by atoms with van der Waals surface area (Å²) in [5, 5.41) is 2.36. The third kappa shape index (κ3) is 2.52. The summed E-state index contributed by atoms with van der Waals surface area (Å²) in [7, 11) is 1.98. The van der Waals surface area contributed by atoms with Gasteiger partial charge in [-0.1, -0.05) is 43.7 Å². The second kappa shape index (κ2) is 5.57. The van der Waals surface area contributed by atoms with Gasteiger partial charge in [-0.05, 0) is 48.4 Å². The highest BCUT2D eigenvalue weighted by atomic mass is 14.9. The van der Waals surface area contributed by atoms with Gasteiger partial charge in [-0.25, -0.2) is 4.57 Å². The number of aromatic nitrogens is 1. The van der Waals surface area contributed by atoms with Crippen LogP contribution in [-0.4, -0.2) is 0 Å². The lowest BCUT2D eigenvalue weighted by Gasteiger charge is -2.11. The van der Waals surface area contributed by atoms with Gasteiger partial charge in [0.15, 0.2) is 6.17 Å². The molecule has 0 radical (unpaired) electrons. The molecular formula is C21H24N+. The molecule has 1 heterocycles. The SMILES string of the molecule is [2H]c1cc2cc(C(C)C)ccc2c(-c2cc(C)ccc2C)[n+]1C. The average molecular weight is 291 g/mol. The molecule has 0 amide bonds. The van der Waals surface area contributed by atoms with E-state index in [2.05, 4.69) is 64.1 Å². The van der Waals surface area contributed by atoms with E-state index in [0.29, 0.717) is 12.1 Å². The molecule has 0 aliphatic carbocycles. The average Bonchev–Trinajstić information content (AvgIpc) is 2.51. The van der Waals surface area contributed by atoms with Gasteiger partial charge in [-0.3, -0.25) is 0 Å². The van der Waals surface area contributed by atoms with E-state index in [4.69, 9.17) is 1.37 Å². The zero-order valence-electron chi connectivity index (χ0n) is 15.1. The van der Waals surface area contributed by atoms with Crippen molar-refractivity contribution in [2.75, 3.05) is 0 Å². The summed E-state index contributed by atoms with van der Waals surface area (Å²) in [6.07, 6.45) is 0.536. The van der Waals surface area contributed by atoms with Crippen molar-refractivity contribution < 1.29 is 5.94 Å². The molecule has 0 fully saturated rings. The molecule has 0 saturated heterocycles. The molecule has 3 rings (SSSR count). The van der Waals surface area contributed by atoms with Gasteiger partial charge in [0, 0.05) is 11.6 Å². The highest BCUT2D eigenvalue weighted by molar-refractivity contribution is 5.94. The van der Waals surface area contributed by atoms with Crippen molar-refractivity contribution in [1.82, 2.24) is 0 Å². The van der Waals surface area contributed by atoms with Crippen molar-refractivity contribution in [3.8, 4) is 11.3 Å². The van der Waals surface area contributed by atoms with Crippen molar-refractivity contribution in [3.05, 3.63) is 65.3 Å². The third-order valence-corrected chi connectivity index (χ3v) is 4.39. The smallest absolute Gasteiger partial charge is 0.200 e. The molecule has 1 heteroatoms. The quantitative estimate of drug-likeness (QED) is 0.580. The van der Waals surface area contributed by atoms with E-state index in [0.717, 1.165) is 11.1 Å². The van der Waals surface area contributed by atoms with Crippen molar-refractivity contribution in [2.45, 2.75) is 33.6 Å². The normalized spacial score (nSPS) is 12.0. The number of rotatable bonds is 2. The lowest BCUT2D eigenvalue weighted by Crippen LogP contribution is -2.30. The Morgan fingerprint density at radius 1 is 1.00 bits per heavy atom. The van der Waals surface area contributed by atoms with Gasteiger partial charge < -0.3 is 0 Å². The maximum atomic E-state index is 8.36. The lowest BCUT2D eigenvalue weighted by atomic mass is 9.95. The van der Waals surface area contributed by atoms with Crippen LogP contribution < -0.4 is 4.57 Å². The van der Waals surface area contributed by atoms with E-state index < -0.39 is 0 Å². The number of hydrogen-bond donors (Lipinski definition) is 0. The second-order valence-corrected chi connectivity index (χ2v) is 6.50. The fourth-order valence-corrected chi connectivity index (χ4v) is 3.00. The Labute approximate surface area is 134 Å². The summed E-state index contributed by atoms with van der Waals surface area (Å²) in [5.41, 5.74) is 6.14. The van der Waals surface area contributed by atoms with E-state index in [1.807, 2.05) is 17.7 Å². The molecule has 2 aromatic carbocycles. The zero-order chi connectivity index (χ0) is 16.7. The molecule has 0 saturated carbocycles. The molecule has 0 aliphatic rings. The largest absolute Gasteiger partial charge is 0.220 e. The van der Waals surface area contributed by atoms with Crippen molar-refractivity contribution in [1.29, 1.82) is 0 Å². The highest BCUT2D eigenvalue weighted by Crippen LogP contribution is 2.30. The van der Waals surface area contributed by atoms with Crippen LogP contribution in [0.1, 0.15) is 37.8 Å². The molecule has 1 nitrogen and oxygen atoms in total. The van der Waals surface area contributed by atoms with Gasteiger partial charge in [0.25, 0.3) is 0 Å². The number of fused-ring (bicyclic) bond motifs is 1. The van der Waals surface area contributed by atoms with Crippen LogP contribution in [0.5, 0.6) is 0 Å². The van der Waals surface area contributed by atoms with Gasteiger partial charge in [-0.15, -0.1) is 0 Å². The minimum atomic E-state index is 0.492. The number of hydrogen-bond acceptors (Lipinski definition) is 0. The molecule has 0 spiro atoms. The minimum absolute atomic E-state index is 0.492.